The highest BCUT2D eigenvalue weighted by atomic mass is 32.2. The number of hydrogen-bond donors (Lipinski definition) is 1. The Morgan fingerprint density at radius 2 is 1.77 bits per heavy atom. The molecule has 0 aliphatic rings. The van der Waals surface area contributed by atoms with E-state index in [1.54, 1.807) is 12.1 Å². The number of benzene rings is 2. The van der Waals surface area contributed by atoms with Crippen LogP contribution < -0.4 is 9.50 Å². The molecule has 0 atom stereocenters. The minimum atomic E-state index is -4.04. The van der Waals surface area contributed by atoms with Crippen LogP contribution in [0, 0.1) is 12.7 Å². The second kappa shape index (κ2) is 6.15. The van der Waals surface area contributed by atoms with Crippen LogP contribution in [0.25, 0.3) is 0 Å². The first kappa shape index (κ1) is 16.0. The second-order valence-corrected chi connectivity index (χ2v) is 6.22. The van der Waals surface area contributed by atoms with E-state index in [0.717, 1.165) is 11.6 Å². The highest BCUT2D eigenvalue weighted by molar-refractivity contribution is 7.87. The molecule has 116 valence electrons. The van der Waals surface area contributed by atoms with Gasteiger partial charge in [0.1, 0.15) is 16.5 Å². The molecular weight excluding hydrogens is 309 g/mol. The van der Waals surface area contributed by atoms with Crippen LogP contribution in [0.4, 0.5) is 10.1 Å². The quantitative estimate of drug-likeness (QED) is 0.878. The fraction of sp³-hybridized carbons (Fsp3) is 0.133. The summed E-state index contributed by atoms with van der Waals surface area (Å²) >= 11 is 0. The van der Waals surface area contributed by atoms with Crippen LogP contribution in [-0.2, 0) is 14.9 Å². The van der Waals surface area contributed by atoms with Crippen molar-refractivity contribution in [2.45, 2.75) is 18.7 Å². The number of aryl methyl sites for hydroxylation is 1. The van der Waals surface area contributed by atoms with Gasteiger partial charge in [-0.1, -0.05) is 17.7 Å². The fourth-order valence-electron chi connectivity index (χ4n) is 1.72. The highest BCUT2D eigenvalue weighted by Crippen LogP contribution is 2.24. The number of nitrogens with one attached hydrogen (secondary N) is 1. The monoisotopic (exact) mass is 323 g/mol. The third kappa shape index (κ3) is 3.82. The summed E-state index contributed by atoms with van der Waals surface area (Å²) in [6.45, 7) is 3.07. The van der Waals surface area contributed by atoms with E-state index in [9.17, 15) is 17.6 Å². The lowest BCUT2D eigenvalue weighted by Gasteiger charge is -2.09. The Morgan fingerprint density at radius 3 is 2.32 bits per heavy atom. The fourth-order valence-corrected chi connectivity index (χ4v) is 2.64. The smallest absolute Gasteiger partial charge is 0.339 e. The SMILES string of the molecule is CC(=O)Nc1ccc(OS(=O)(=O)c2ccc(C)cc2)cc1F. The van der Waals surface area contributed by atoms with Gasteiger partial charge in [-0.15, -0.1) is 0 Å². The molecule has 22 heavy (non-hydrogen) atoms. The van der Waals surface area contributed by atoms with E-state index >= 15 is 0 Å². The average Bonchev–Trinajstić information content (AvgIpc) is 2.41. The topological polar surface area (TPSA) is 72.5 Å². The number of hydrogen-bond acceptors (Lipinski definition) is 4. The molecular formula is C15H14FNO4S. The molecule has 1 N–H and O–H groups in total. The van der Waals surface area contributed by atoms with E-state index in [1.165, 1.54) is 31.2 Å². The molecule has 1 amide bonds. The summed E-state index contributed by atoms with van der Waals surface area (Å²) in [6.07, 6.45) is 0. The first-order valence-corrected chi connectivity index (χ1v) is 7.77. The molecule has 0 saturated heterocycles. The zero-order valence-corrected chi connectivity index (χ0v) is 12.8. The molecule has 0 aliphatic carbocycles. The van der Waals surface area contributed by atoms with Gasteiger partial charge < -0.3 is 9.50 Å². The van der Waals surface area contributed by atoms with Crippen LogP contribution in [0.1, 0.15) is 12.5 Å². The van der Waals surface area contributed by atoms with Gasteiger partial charge in [-0.3, -0.25) is 4.79 Å². The van der Waals surface area contributed by atoms with Crippen LogP contribution in [-0.4, -0.2) is 14.3 Å². The van der Waals surface area contributed by atoms with Gasteiger partial charge in [-0.05, 0) is 31.2 Å². The number of carbonyl (C=O) groups excluding carboxylic acids is 1. The third-order valence-corrected chi connectivity index (χ3v) is 4.03. The van der Waals surface area contributed by atoms with Crippen molar-refractivity contribution >= 4 is 21.7 Å². The lowest BCUT2D eigenvalue weighted by molar-refractivity contribution is -0.114. The van der Waals surface area contributed by atoms with Gasteiger partial charge in [-0.25, -0.2) is 4.39 Å². The lowest BCUT2D eigenvalue weighted by Crippen LogP contribution is -2.11. The molecule has 0 bridgehead atoms. The average molecular weight is 323 g/mol. The summed E-state index contributed by atoms with van der Waals surface area (Å²) in [6, 6.07) is 9.49. The first-order chi connectivity index (χ1) is 10.3. The molecule has 0 spiro atoms. The Balaban J connectivity index is 2.24. The Morgan fingerprint density at radius 1 is 1.14 bits per heavy atom. The summed E-state index contributed by atoms with van der Waals surface area (Å²) < 4.78 is 42.8. The molecule has 2 aromatic rings. The number of amides is 1. The predicted octanol–water partition coefficient (Wildman–Crippen LogP) is 2.86. The van der Waals surface area contributed by atoms with E-state index in [4.69, 9.17) is 4.18 Å². The van der Waals surface area contributed by atoms with E-state index in [-0.39, 0.29) is 16.3 Å². The molecule has 0 unspecified atom stereocenters. The van der Waals surface area contributed by atoms with Crippen molar-refractivity contribution in [3.63, 3.8) is 0 Å². The van der Waals surface area contributed by atoms with Gasteiger partial charge in [0.15, 0.2) is 0 Å². The van der Waals surface area contributed by atoms with Crippen molar-refractivity contribution in [2.75, 3.05) is 5.32 Å². The van der Waals surface area contributed by atoms with Gasteiger partial charge in [0.2, 0.25) is 5.91 Å². The molecule has 0 fully saturated rings. The molecule has 2 aromatic carbocycles. The van der Waals surface area contributed by atoms with E-state index in [0.29, 0.717) is 0 Å². The molecule has 5 nitrogen and oxygen atoms in total. The van der Waals surface area contributed by atoms with Gasteiger partial charge in [0.25, 0.3) is 0 Å². The van der Waals surface area contributed by atoms with Crippen molar-refractivity contribution in [1.82, 2.24) is 0 Å². The predicted molar refractivity (Wildman–Crippen MR) is 79.7 cm³/mol. The minimum Gasteiger partial charge on any atom is -0.379 e. The zero-order chi connectivity index (χ0) is 16.3. The van der Waals surface area contributed by atoms with Crippen molar-refractivity contribution in [3.05, 3.63) is 53.8 Å². The number of carbonyl (C=O) groups is 1. The maximum atomic E-state index is 13.8. The molecule has 0 radical (unpaired) electrons. The second-order valence-electron chi connectivity index (χ2n) is 4.67. The summed E-state index contributed by atoms with van der Waals surface area (Å²) in [5, 5.41) is 2.28. The molecule has 7 heteroatoms. The van der Waals surface area contributed by atoms with Crippen molar-refractivity contribution < 1.29 is 21.8 Å². The van der Waals surface area contributed by atoms with Gasteiger partial charge in [-0.2, -0.15) is 8.42 Å². The maximum absolute atomic E-state index is 13.8. The van der Waals surface area contributed by atoms with Gasteiger partial charge in [0, 0.05) is 13.0 Å². The molecule has 0 heterocycles. The zero-order valence-electron chi connectivity index (χ0n) is 12.0. The van der Waals surface area contributed by atoms with Crippen LogP contribution in [0.5, 0.6) is 5.75 Å². The summed E-state index contributed by atoms with van der Waals surface area (Å²) in [5.41, 5.74) is 0.859. The number of rotatable bonds is 4. The van der Waals surface area contributed by atoms with Crippen molar-refractivity contribution in [1.29, 1.82) is 0 Å². The molecule has 0 aliphatic heterocycles. The molecule has 2 rings (SSSR count). The first-order valence-electron chi connectivity index (χ1n) is 6.36. The number of halogens is 1. The van der Waals surface area contributed by atoms with Crippen molar-refractivity contribution in [3.8, 4) is 5.75 Å². The largest absolute Gasteiger partial charge is 0.379 e. The normalized spacial score (nSPS) is 11.0. The highest BCUT2D eigenvalue weighted by Gasteiger charge is 2.17. The summed E-state index contributed by atoms with van der Waals surface area (Å²) in [7, 11) is -4.04. The minimum absolute atomic E-state index is 0.0237. The van der Waals surface area contributed by atoms with E-state index in [1.807, 2.05) is 6.92 Å². The Kier molecular flexibility index (Phi) is 4.46. The summed E-state index contributed by atoms with van der Waals surface area (Å²) in [4.78, 5) is 10.9. The van der Waals surface area contributed by atoms with Crippen molar-refractivity contribution in [2.24, 2.45) is 0 Å². The van der Waals surface area contributed by atoms with Gasteiger partial charge >= 0.3 is 10.1 Å². The Bertz CT molecular complexity index is 801. The van der Waals surface area contributed by atoms with E-state index in [2.05, 4.69) is 5.32 Å². The summed E-state index contributed by atoms with van der Waals surface area (Å²) in [5.74, 6) is -1.39. The van der Waals surface area contributed by atoms with Crippen LogP contribution in [0.15, 0.2) is 47.4 Å². The molecule has 0 aromatic heterocycles. The lowest BCUT2D eigenvalue weighted by atomic mass is 10.2. The number of anilines is 1. The van der Waals surface area contributed by atoms with Crippen LogP contribution in [0.3, 0.4) is 0 Å². The molecule has 0 saturated carbocycles. The Labute approximate surface area is 127 Å². The standard InChI is InChI=1S/C15H14FNO4S/c1-10-3-6-13(7-4-10)22(19,20)21-12-5-8-15(14(16)9-12)17-11(2)18/h3-9H,1-2H3,(H,17,18). The van der Waals surface area contributed by atoms with Crippen LogP contribution >= 0.6 is 0 Å². The van der Waals surface area contributed by atoms with Crippen LogP contribution in [0.2, 0.25) is 0 Å². The van der Waals surface area contributed by atoms with E-state index < -0.39 is 21.8 Å². The third-order valence-electron chi connectivity index (χ3n) is 2.77. The van der Waals surface area contributed by atoms with Gasteiger partial charge in [0.05, 0.1) is 5.69 Å². The Hall–Kier alpha value is -2.41. The maximum Gasteiger partial charge on any atom is 0.339 e.